The molecule has 2 amide bonds. The maximum absolute atomic E-state index is 12.3. The number of thioether (sulfide) groups is 2. The average Bonchev–Trinajstić information content (AvgIpc) is 2.95. The highest BCUT2D eigenvalue weighted by atomic mass is 32.2. The molecule has 0 atom stereocenters. The van der Waals surface area contributed by atoms with E-state index >= 15 is 0 Å². The Kier molecular flexibility index (Phi) is 5.65. The highest BCUT2D eigenvalue weighted by Gasteiger charge is 2.38. The monoisotopic (exact) mass is 346 g/mol. The van der Waals surface area contributed by atoms with Crippen LogP contribution in [-0.4, -0.2) is 57.9 Å². The minimum atomic E-state index is -0.140. The summed E-state index contributed by atoms with van der Waals surface area (Å²) in [6.45, 7) is 3.44. The van der Waals surface area contributed by atoms with Crippen LogP contribution >= 0.6 is 35.7 Å². The highest BCUT2D eigenvalue weighted by molar-refractivity contribution is 8.27. The maximum Gasteiger partial charge on any atom is 0.293 e. The van der Waals surface area contributed by atoms with Crippen LogP contribution in [0.4, 0.5) is 0 Å². The molecule has 6 nitrogen and oxygen atoms in total. The fraction of sp³-hybridized carbons (Fsp3) is 0.500. The van der Waals surface area contributed by atoms with Crippen LogP contribution in [0.2, 0.25) is 0 Å². The van der Waals surface area contributed by atoms with E-state index in [1.807, 2.05) is 6.92 Å². The van der Waals surface area contributed by atoms with Gasteiger partial charge in [0.25, 0.3) is 12.4 Å². The number of hydrogen-bond acceptors (Lipinski definition) is 7. The van der Waals surface area contributed by atoms with E-state index in [0.29, 0.717) is 46.0 Å². The first-order valence-corrected chi connectivity index (χ1v) is 8.57. The second-order valence-corrected chi connectivity index (χ2v) is 6.81. The van der Waals surface area contributed by atoms with Gasteiger partial charge in [-0.3, -0.25) is 19.3 Å². The molecule has 0 radical (unpaired) electrons. The minimum absolute atomic E-state index is 0.0390. The van der Waals surface area contributed by atoms with Gasteiger partial charge in [-0.2, -0.15) is 0 Å². The van der Waals surface area contributed by atoms with Gasteiger partial charge in [0.2, 0.25) is 5.91 Å². The van der Waals surface area contributed by atoms with Crippen LogP contribution in [0.5, 0.6) is 0 Å². The molecule has 0 aliphatic carbocycles. The predicted octanol–water partition coefficient (Wildman–Crippen LogP) is 1.17. The molecule has 0 N–H and O–H groups in total. The predicted molar refractivity (Wildman–Crippen MR) is 85.4 cm³/mol. The highest BCUT2D eigenvalue weighted by Crippen LogP contribution is 2.41. The van der Waals surface area contributed by atoms with Gasteiger partial charge in [-0.15, -0.1) is 0 Å². The van der Waals surface area contributed by atoms with E-state index in [2.05, 4.69) is 4.74 Å². The van der Waals surface area contributed by atoms with Gasteiger partial charge >= 0.3 is 0 Å². The summed E-state index contributed by atoms with van der Waals surface area (Å²) < 4.78 is 5.14. The molecule has 0 aromatic rings. The summed E-state index contributed by atoms with van der Waals surface area (Å²) in [5, 5.41) is 0.666. The van der Waals surface area contributed by atoms with Crippen molar-refractivity contribution < 1.29 is 19.1 Å². The Balaban J connectivity index is 2.15. The van der Waals surface area contributed by atoms with Crippen LogP contribution in [-0.2, 0) is 19.1 Å². The molecule has 2 rings (SSSR count). The lowest BCUT2D eigenvalue weighted by atomic mass is 10.4. The lowest BCUT2D eigenvalue weighted by Gasteiger charge is -2.18. The van der Waals surface area contributed by atoms with Crippen molar-refractivity contribution in [1.82, 2.24) is 9.80 Å². The van der Waals surface area contributed by atoms with Gasteiger partial charge in [0.05, 0.1) is 17.4 Å². The van der Waals surface area contributed by atoms with Crippen molar-refractivity contribution in [2.24, 2.45) is 0 Å². The largest absolute Gasteiger partial charge is 0.468 e. The van der Waals surface area contributed by atoms with Gasteiger partial charge < -0.3 is 9.64 Å². The van der Waals surface area contributed by atoms with Crippen LogP contribution < -0.4 is 0 Å². The molecule has 2 fully saturated rings. The summed E-state index contributed by atoms with van der Waals surface area (Å²) in [6, 6.07) is 0. The van der Waals surface area contributed by atoms with E-state index in [4.69, 9.17) is 12.2 Å². The first-order valence-electron chi connectivity index (χ1n) is 6.36. The standard InChI is InChI=1S/C12H14N2O4S3/c1-2-13-10(17)9(21-12(13)19)11-14(8(16)6-20-11)4-3-5-18-7-15/h7H,2-6H2,1H3/b11-9+. The van der Waals surface area contributed by atoms with Crippen molar-refractivity contribution in [3.8, 4) is 0 Å². The van der Waals surface area contributed by atoms with Gasteiger partial charge in [0, 0.05) is 13.1 Å². The van der Waals surface area contributed by atoms with E-state index in [-0.39, 0.29) is 18.4 Å². The lowest BCUT2D eigenvalue weighted by molar-refractivity contribution is -0.129. The molecule has 2 heterocycles. The van der Waals surface area contributed by atoms with Gasteiger partial charge in [0.1, 0.15) is 9.23 Å². The zero-order chi connectivity index (χ0) is 15.4. The number of hydrogen-bond donors (Lipinski definition) is 0. The molecule has 21 heavy (non-hydrogen) atoms. The van der Waals surface area contributed by atoms with Crippen LogP contribution in [0.3, 0.4) is 0 Å². The zero-order valence-corrected chi connectivity index (χ0v) is 13.8. The summed E-state index contributed by atoms with van der Waals surface area (Å²) in [4.78, 5) is 38.0. The maximum atomic E-state index is 12.3. The molecule has 9 heteroatoms. The van der Waals surface area contributed by atoms with Crippen molar-refractivity contribution in [2.75, 3.05) is 25.4 Å². The third-order valence-electron chi connectivity index (χ3n) is 2.95. The summed E-state index contributed by atoms with van der Waals surface area (Å²) in [7, 11) is 0. The summed E-state index contributed by atoms with van der Waals surface area (Å²) in [6.07, 6.45) is 0.530. The zero-order valence-electron chi connectivity index (χ0n) is 11.4. The van der Waals surface area contributed by atoms with Crippen molar-refractivity contribution in [2.45, 2.75) is 13.3 Å². The molecule has 114 valence electrons. The average molecular weight is 346 g/mol. The molecule has 0 bridgehead atoms. The molecule has 0 aromatic heterocycles. The summed E-state index contributed by atoms with van der Waals surface area (Å²) in [5.74, 6) is 0.141. The molecular weight excluding hydrogens is 332 g/mol. The fourth-order valence-corrected chi connectivity index (χ4v) is 4.61. The molecule has 2 saturated heterocycles. The second kappa shape index (κ2) is 7.28. The fourth-order valence-electron chi connectivity index (χ4n) is 1.97. The second-order valence-electron chi connectivity index (χ2n) is 4.21. The first-order chi connectivity index (χ1) is 10.1. The molecule has 0 saturated carbocycles. The number of carbonyl (C=O) groups is 3. The van der Waals surface area contributed by atoms with Crippen LogP contribution in [0.1, 0.15) is 13.3 Å². The molecule has 2 aliphatic rings. The van der Waals surface area contributed by atoms with Crippen LogP contribution in [0.25, 0.3) is 0 Å². The van der Waals surface area contributed by atoms with E-state index in [1.165, 1.54) is 28.4 Å². The van der Waals surface area contributed by atoms with Gasteiger partial charge in [-0.25, -0.2) is 0 Å². The lowest BCUT2D eigenvalue weighted by Crippen LogP contribution is -2.30. The van der Waals surface area contributed by atoms with Gasteiger partial charge in [-0.05, 0) is 13.3 Å². The number of likely N-dealkylation sites (N-methyl/N-ethyl adjacent to an activating group) is 1. The van der Waals surface area contributed by atoms with E-state index in [9.17, 15) is 14.4 Å². The van der Waals surface area contributed by atoms with Crippen LogP contribution in [0, 0.1) is 0 Å². The van der Waals surface area contributed by atoms with Gasteiger partial charge in [0.15, 0.2) is 0 Å². The molecular formula is C12H14N2O4S3. The quantitative estimate of drug-likeness (QED) is 0.310. The number of rotatable bonds is 6. The minimum Gasteiger partial charge on any atom is -0.468 e. The Morgan fingerprint density at radius 1 is 1.38 bits per heavy atom. The van der Waals surface area contributed by atoms with E-state index in [1.54, 1.807) is 4.90 Å². The topological polar surface area (TPSA) is 66.9 Å². The molecule has 2 aliphatic heterocycles. The molecule has 0 unspecified atom stereocenters. The van der Waals surface area contributed by atoms with Crippen molar-refractivity contribution >= 4 is 58.3 Å². The first kappa shape index (κ1) is 16.3. The number of carbonyl (C=O) groups excluding carboxylic acids is 3. The van der Waals surface area contributed by atoms with Crippen molar-refractivity contribution in [3.63, 3.8) is 0 Å². The number of nitrogens with zero attached hydrogens (tertiary/aromatic N) is 2. The Morgan fingerprint density at radius 3 is 2.76 bits per heavy atom. The van der Waals surface area contributed by atoms with Gasteiger partial charge in [-0.1, -0.05) is 35.7 Å². The number of thiocarbonyl (C=S) groups is 1. The Morgan fingerprint density at radius 2 is 2.14 bits per heavy atom. The normalized spacial score (nSPS) is 22.4. The summed E-state index contributed by atoms with van der Waals surface area (Å²) >= 11 is 7.78. The SMILES string of the molecule is CCN1C(=O)/C(=C2\SCC(=O)N2CCCOC=O)SC1=S. The molecule has 0 aromatic carbocycles. The third-order valence-corrected chi connectivity index (χ3v) is 5.61. The van der Waals surface area contributed by atoms with E-state index in [0.717, 1.165) is 0 Å². The van der Waals surface area contributed by atoms with Crippen molar-refractivity contribution in [3.05, 3.63) is 9.93 Å². The smallest absolute Gasteiger partial charge is 0.293 e. The van der Waals surface area contributed by atoms with Crippen molar-refractivity contribution in [1.29, 1.82) is 0 Å². The third kappa shape index (κ3) is 3.41. The number of amides is 2. The summed E-state index contributed by atoms with van der Waals surface area (Å²) in [5.41, 5.74) is 0. The Bertz CT molecular complexity index is 521. The Labute approximate surface area is 136 Å². The number of ether oxygens (including phenoxy) is 1. The van der Waals surface area contributed by atoms with E-state index < -0.39 is 0 Å². The van der Waals surface area contributed by atoms with Crippen LogP contribution in [0.15, 0.2) is 9.93 Å². The molecule has 0 spiro atoms. The Hall–Kier alpha value is -1.06.